The number of hydrogen-bond acceptors (Lipinski definition) is 6. The van der Waals surface area contributed by atoms with Crippen LogP contribution in [-0.4, -0.2) is 48.2 Å². The van der Waals surface area contributed by atoms with E-state index >= 15 is 0 Å². The largest absolute Gasteiger partial charge is 0.489 e. The smallest absolute Gasteiger partial charge is 0.306 e. The van der Waals surface area contributed by atoms with Crippen LogP contribution in [0.25, 0.3) is 0 Å². The Balaban J connectivity index is 1.55. The Bertz CT molecular complexity index is 1080. The molecule has 39 heavy (non-hydrogen) atoms. The Morgan fingerprint density at radius 3 is 2.51 bits per heavy atom. The number of carbonyl (C=O) groups is 3. The van der Waals surface area contributed by atoms with Gasteiger partial charge in [-0.15, -0.1) is 0 Å². The zero-order valence-electron chi connectivity index (χ0n) is 22.8. The molecule has 2 aromatic carbocycles. The molecule has 0 fully saturated rings. The summed E-state index contributed by atoms with van der Waals surface area (Å²) in [4.78, 5) is 37.8. The number of aliphatic hydroxyl groups excluding tert-OH is 1. The third-order valence-electron chi connectivity index (χ3n) is 6.70. The number of aliphatic hydroxyl groups is 1. The number of ether oxygens (including phenoxy) is 2. The summed E-state index contributed by atoms with van der Waals surface area (Å²) in [5.74, 6) is -0.618. The van der Waals surface area contributed by atoms with E-state index in [0.29, 0.717) is 25.9 Å². The van der Waals surface area contributed by atoms with Gasteiger partial charge >= 0.3 is 5.97 Å². The highest BCUT2D eigenvalue weighted by Crippen LogP contribution is 2.17. The van der Waals surface area contributed by atoms with Gasteiger partial charge in [0.2, 0.25) is 11.8 Å². The molecule has 0 saturated heterocycles. The van der Waals surface area contributed by atoms with Crippen LogP contribution < -0.4 is 15.4 Å². The number of carbonyl (C=O) groups excluding carboxylic acids is 3. The van der Waals surface area contributed by atoms with E-state index in [0.717, 1.165) is 16.9 Å². The molecule has 0 aromatic heterocycles. The van der Waals surface area contributed by atoms with Crippen LogP contribution in [0.2, 0.25) is 0 Å². The van der Waals surface area contributed by atoms with Crippen LogP contribution in [0.1, 0.15) is 50.7 Å². The van der Waals surface area contributed by atoms with Gasteiger partial charge in [-0.25, -0.2) is 0 Å². The highest BCUT2D eigenvalue weighted by Gasteiger charge is 2.26. The predicted molar refractivity (Wildman–Crippen MR) is 149 cm³/mol. The van der Waals surface area contributed by atoms with Gasteiger partial charge in [-0.2, -0.15) is 0 Å². The molecule has 0 radical (unpaired) electrons. The van der Waals surface area contributed by atoms with Gasteiger partial charge in [-0.3, -0.25) is 14.4 Å². The van der Waals surface area contributed by atoms with E-state index in [1.807, 2.05) is 80.6 Å². The maximum Gasteiger partial charge on any atom is 0.306 e. The minimum absolute atomic E-state index is 0.0104. The van der Waals surface area contributed by atoms with Crippen molar-refractivity contribution in [3.05, 3.63) is 77.9 Å². The lowest BCUT2D eigenvalue weighted by molar-refractivity contribution is -0.145. The van der Waals surface area contributed by atoms with Gasteiger partial charge in [0.05, 0.1) is 24.6 Å². The van der Waals surface area contributed by atoms with E-state index in [1.165, 1.54) is 0 Å². The van der Waals surface area contributed by atoms with E-state index < -0.39 is 12.0 Å². The highest BCUT2D eigenvalue weighted by molar-refractivity contribution is 5.86. The van der Waals surface area contributed by atoms with Gasteiger partial charge in [-0.1, -0.05) is 68.5 Å². The minimum atomic E-state index is -0.571. The summed E-state index contributed by atoms with van der Waals surface area (Å²) in [5.41, 5.74) is 2.03. The summed E-state index contributed by atoms with van der Waals surface area (Å²) >= 11 is 0. The lowest BCUT2D eigenvalue weighted by Gasteiger charge is -2.25. The summed E-state index contributed by atoms with van der Waals surface area (Å²) in [6.45, 7) is 4.24. The third-order valence-corrected chi connectivity index (χ3v) is 6.70. The van der Waals surface area contributed by atoms with Gasteiger partial charge < -0.3 is 25.2 Å². The molecule has 2 amide bonds. The summed E-state index contributed by atoms with van der Waals surface area (Å²) in [6, 6.07) is 16.7. The topological polar surface area (TPSA) is 114 Å². The van der Waals surface area contributed by atoms with Gasteiger partial charge in [0.15, 0.2) is 0 Å². The molecule has 3 N–H and O–H groups in total. The molecular weight excluding hydrogens is 496 g/mol. The van der Waals surface area contributed by atoms with Crippen LogP contribution in [0.3, 0.4) is 0 Å². The molecular formula is C31H40N2O6. The van der Waals surface area contributed by atoms with E-state index in [2.05, 4.69) is 10.6 Å². The highest BCUT2D eigenvalue weighted by atomic mass is 16.5. The van der Waals surface area contributed by atoms with E-state index in [9.17, 15) is 19.5 Å². The molecule has 3 rings (SSSR count). The van der Waals surface area contributed by atoms with Crippen molar-refractivity contribution in [2.24, 2.45) is 11.8 Å². The van der Waals surface area contributed by atoms with Crippen molar-refractivity contribution in [3.63, 3.8) is 0 Å². The SMILES string of the molecule is CC(C)C1COC(=O)CCC=CCC(CC(=O)NC(CO)Cc2ccc(OCc3ccccc3)cc2)C(=O)N1. The molecule has 3 unspecified atom stereocenters. The van der Waals surface area contributed by atoms with Crippen LogP contribution in [-0.2, 0) is 32.1 Å². The Labute approximate surface area is 230 Å². The van der Waals surface area contributed by atoms with Gasteiger partial charge in [0.1, 0.15) is 19.0 Å². The first-order valence-electron chi connectivity index (χ1n) is 13.6. The Kier molecular flexibility index (Phi) is 12.0. The number of benzene rings is 2. The first kappa shape index (κ1) is 29.9. The molecule has 0 saturated carbocycles. The van der Waals surface area contributed by atoms with Crippen molar-refractivity contribution in [3.8, 4) is 5.75 Å². The zero-order chi connectivity index (χ0) is 28.0. The van der Waals surface area contributed by atoms with Crippen molar-refractivity contribution in [2.75, 3.05) is 13.2 Å². The summed E-state index contributed by atoms with van der Waals surface area (Å²) in [7, 11) is 0. The number of nitrogens with one attached hydrogen (secondary N) is 2. The van der Waals surface area contributed by atoms with Crippen molar-refractivity contribution >= 4 is 17.8 Å². The second-order valence-electron chi connectivity index (χ2n) is 10.3. The minimum Gasteiger partial charge on any atom is -0.489 e. The molecule has 0 aliphatic carbocycles. The monoisotopic (exact) mass is 536 g/mol. The standard InChI is InChI=1S/C31H40N2O6/c1-22(2)28-21-39-30(36)12-8-4-7-11-25(31(37)33-28)18-29(35)32-26(19-34)17-23-13-15-27(16-14-23)38-20-24-9-5-3-6-10-24/h3-7,9-10,13-16,22,25-26,28,34H,8,11-12,17-21H2,1-2H3,(H,32,35)(H,33,37). The van der Waals surface area contributed by atoms with Gasteiger partial charge in [0.25, 0.3) is 0 Å². The third kappa shape index (κ3) is 10.6. The Morgan fingerprint density at radius 1 is 1.08 bits per heavy atom. The van der Waals surface area contributed by atoms with E-state index in [-0.39, 0.29) is 55.8 Å². The molecule has 2 aromatic rings. The first-order valence-corrected chi connectivity index (χ1v) is 13.6. The van der Waals surface area contributed by atoms with E-state index in [1.54, 1.807) is 0 Å². The fourth-order valence-corrected chi connectivity index (χ4v) is 4.24. The van der Waals surface area contributed by atoms with Crippen LogP contribution in [0, 0.1) is 11.8 Å². The molecule has 8 heteroatoms. The molecule has 1 aliphatic heterocycles. The number of allylic oxidation sites excluding steroid dienone is 2. The maximum absolute atomic E-state index is 13.1. The predicted octanol–water partition coefficient (Wildman–Crippen LogP) is 3.72. The lowest BCUT2D eigenvalue weighted by Crippen LogP contribution is -2.46. The van der Waals surface area contributed by atoms with Crippen molar-refractivity contribution in [1.29, 1.82) is 0 Å². The first-order chi connectivity index (χ1) is 18.8. The van der Waals surface area contributed by atoms with Crippen LogP contribution in [0.4, 0.5) is 0 Å². The van der Waals surface area contributed by atoms with Crippen molar-refractivity contribution in [1.82, 2.24) is 10.6 Å². The summed E-state index contributed by atoms with van der Waals surface area (Å²) in [5, 5.41) is 15.7. The molecule has 1 heterocycles. The lowest BCUT2D eigenvalue weighted by atomic mass is 9.96. The fraction of sp³-hybridized carbons (Fsp3) is 0.452. The second kappa shape index (κ2) is 15.7. The quantitative estimate of drug-likeness (QED) is 0.315. The fourth-order valence-electron chi connectivity index (χ4n) is 4.24. The Morgan fingerprint density at radius 2 is 1.82 bits per heavy atom. The molecule has 0 spiro atoms. The average Bonchev–Trinajstić information content (AvgIpc) is 2.93. The normalized spacial score (nSPS) is 19.3. The van der Waals surface area contributed by atoms with Gasteiger partial charge in [-0.05, 0) is 48.4 Å². The zero-order valence-corrected chi connectivity index (χ0v) is 22.8. The average molecular weight is 537 g/mol. The number of esters is 1. The number of rotatable bonds is 10. The van der Waals surface area contributed by atoms with Crippen LogP contribution >= 0.6 is 0 Å². The number of amides is 2. The second-order valence-corrected chi connectivity index (χ2v) is 10.3. The number of hydrogen-bond donors (Lipinski definition) is 3. The van der Waals surface area contributed by atoms with Gasteiger partial charge in [0, 0.05) is 12.8 Å². The Hall–Kier alpha value is -3.65. The number of cyclic esters (lactones) is 1. The van der Waals surface area contributed by atoms with Crippen LogP contribution in [0.15, 0.2) is 66.7 Å². The van der Waals surface area contributed by atoms with Crippen molar-refractivity contribution in [2.45, 2.75) is 64.6 Å². The molecule has 210 valence electrons. The molecule has 8 nitrogen and oxygen atoms in total. The summed E-state index contributed by atoms with van der Waals surface area (Å²) < 4.78 is 11.1. The molecule has 3 atom stereocenters. The molecule has 1 aliphatic rings. The molecule has 0 bridgehead atoms. The maximum atomic E-state index is 13.1. The summed E-state index contributed by atoms with van der Waals surface area (Å²) in [6.07, 6.45) is 5.29. The van der Waals surface area contributed by atoms with Crippen molar-refractivity contribution < 1.29 is 29.0 Å². The van der Waals surface area contributed by atoms with Crippen LogP contribution in [0.5, 0.6) is 5.75 Å². The van der Waals surface area contributed by atoms with E-state index in [4.69, 9.17) is 9.47 Å².